The first-order valence-corrected chi connectivity index (χ1v) is 8.50. The molecule has 0 aliphatic rings. The van der Waals surface area contributed by atoms with Crippen molar-refractivity contribution in [1.82, 2.24) is 0 Å². The molecule has 0 aliphatic carbocycles. The highest BCUT2D eigenvalue weighted by Gasteiger charge is 2.08. The zero-order valence-electron chi connectivity index (χ0n) is 14.1. The lowest BCUT2D eigenvalue weighted by Gasteiger charge is -2.12. The fourth-order valence-corrected chi connectivity index (χ4v) is 2.64. The van der Waals surface area contributed by atoms with Crippen LogP contribution >= 0.6 is 11.6 Å². The molecule has 2 N–H and O–H groups in total. The van der Waals surface area contributed by atoms with Crippen LogP contribution in [0.5, 0.6) is 11.5 Å². The van der Waals surface area contributed by atoms with E-state index in [1.807, 2.05) is 48.5 Å². The molecule has 1 heterocycles. The van der Waals surface area contributed by atoms with Crippen LogP contribution in [-0.4, -0.2) is 7.11 Å². The Kier molecular flexibility index (Phi) is 5.99. The Hall–Kier alpha value is -2.43. The van der Waals surface area contributed by atoms with Crippen molar-refractivity contribution in [3.8, 4) is 11.5 Å². The predicted octanol–water partition coefficient (Wildman–Crippen LogP) is 3.78. The van der Waals surface area contributed by atoms with Crippen LogP contribution in [0.1, 0.15) is 16.9 Å². The number of furan rings is 1. The number of halogens is 1. The lowest BCUT2D eigenvalue weighted by Crippen LogP contribution is -2.80. The molecule has 0 saturated heterocycles. The quantitative estimate of drug-likeness (QED) is 0.666. The van der Waals surface area contributed by atoms with Crippen LogP contribution in [0.15, 0.2) is 65.3 Å². The highest BCUT2D eigenvalue weighted by molar-refractivity contribution is 6.30. The molecule has 3 rings (SSSR count). The van der Waals surface area contributed by atoms with Gasteiger partial charge < -0.3 is 19.2 Å². The summed E-state index contributed by atoms with van der Waals surface area (Å²) in [5.74, 6) is 2.43. The van der Waals surface area contributed by atoms with Gasteiger partial charge in [0.05, 0.1) is 13.4 Å². The van der Waals surface area contributed by atoms with Gasteiger partial charge in [0.25, 0.3) is 0 Å². The molecule has 0 saturated carbocycles. The molecule has 0 bridgehead atoms. The molecule has 0 aliphatic heterocycles. The molecule has 0 amide bonds. The van der Waals surface area contributed by atoms with Crippen molar-refractivity contribution < 1.29 is 19.2 Å². The molecule has 1 aromatic heterocycles. The van der Waals surface area contributed by atoms with E-state index in [0.717, 1.165) is 40.9 Å². The van der Waals surface area contributed by atoms with Crippen molar-refractivity contribution in [3.05, 3.63) is 82.8 Å². The van der Waals surface area contributed by atoms with Crippen LogP contribution in [0, 0.1) is 0 Å². The zero-order chi connectivity index (χ0) is 17.5. The molecule has 25 heavy (non-hydrogen) atoms. The van der Waals surface area contributed by atoms with Gasteiger partial charge >= 0.3 is 0 Å². The molecular weight excluding hydrogens is 338 g/mol. The smallest absolute Gasteiger partial charge is 0.161 e. The van der Waals surface area contributed by atoms with Crippen molar-refractivity contribution in [3.63, 3.8) is 0 Å². The number of ether oxygens (including phenoxy) is 2. The van der Waals surface area contributed by atoms with Gasteiger partial charge in [0.1, 0.15) is 19.7 Å². The number of nitrogens with two attached hydrogens (primary N) is 1. The molecule has 3 aromatic rings. The molecule has 2 aromatic carbocycles. The van der Waals surface area contributed by atoms with Crippen LogP contribution in [0.3, 0.4) is 0 Å². The van der Waals surface area contributed by atoms with Gasteiger partial charge in [-0.05, 0) is 48.0 Å². The van der Waals surface area contributed by atoms with Crippen LogP contribution in [-0.2, 0) is 19.7 Å². The van der Waals surface area contributed by atoms with Crippen molar-refractivity contribution in [2.75, 3.05) is 7.11 Å². The van der Waals surface area contributed by atoms with E-state index in [2.05, 4.69) is 11.4 Å². The molecule has 0 atom stereocenters. The van der Waals surface area contributed by atoms with E-state index in [1.165, 1.54) is 5.56 Å². The predicted molar refractivity (Wildman–Crippen MR) is 96.8 cm³/mol. The van der Waals surface area contributed by atoms with Gasteiger partial charge in [-0.25, -0.2) is 0 Å². The van der Waals surface area contributed by atoms with Crippen molar-refractivity contribution in [1.29, 1.82) is 0 Å². The second kappa shape index (κ2) is 8.60. The minimum absolute atomic E-state index is 0.470. The monoisotopic (exact) mass is 358 g/mol. The largest absolute Gasteiger partial charge is 0.493 e. The number of methoxy groups -OCH3 is 1. The molecule has 0 fully saturated rings. The van der Waals surface area contributed by atoms with Crippen LogP contribution in [0.4, 0.5) is 0 Å². The topological polar surface area (TPSA) is 48.2 Å². The number of hydrogen-bond acceptors (Lipinski definition) is 3. The molecule has 0 spiro atoms. The van der Waals surface area contributed by atoms with Gasteiger partial charge in [0, 0.05) is 10.6 Å². The first-order valence-electron chi connectivity index (χ1n) is 8.13. The van der Waals surface area contributed by atoms with E-state index < -0.39 is 0 Å². The Morgan fingerprint density at radius 2 is 1.76 bits per heavy atom. The molecule has 4 nitrogen and oxygen atoms in total. The van der Waals surface area contributed by atoms with Crippen molar-refractivity contribution in [2.45, 2.75) is 19.7 Å². The van der Waals surface area contributed by atoms with E-state index in [-0.39, 0.29) is 0 Å². The number of quaternary nitrogens is 1. The standard InChI is InChI=1S/C20H20ClNO3/c1-23-20-11-16(12-22-13-18-3-2-10-24-18)6-9-19(20)25-14-15-4-7-17(21)8-5-15/h2-11,22H,12-14H2,1H3/p+1. The van der Waals surface area contributed by atoms with Gasteiger partial charge in [-0.1, -0.05) is 23.7 Å². The Morgan fingerprint density at radius 1 is 0.960 bits per heavy atom. The molecule has 0 radical (unpaired) electrons. The summed E-state index contributed by atoms with van der Waals surface area (Å²) in [5.41, 5.74) is 2.23. The van der Waals surface area contributed by atoms with Crippen molar-refractivity contribution in [2.24, 2.45) is 0 Å². The Labute approximate surface area is 152 Å². The fraction of sp³-hybridized carbons (Fsp3) is 0.200. The molecule has 130 valence electrons. The maximum atomic E-state index is 5.90. The Bertz CT molecular complexity index is 785. The Balaban J connectivity index is 1.57. The molecule has 0 unspecified atom stereocenters. The third kappa shape index (κ3) is 5.02. The summed E-state index contributed by atoms with van der Waals surface area (Å²) in [5, 5.41) is 2.90. The summed E-state index contributed by atoms with van der Waals surface area (Å²) in [4.78, 5) is 0. The Morgan fingerprint density at radius 3 is 2.48 bits per heavy atom. The minimum atomic E-state index is 0.470. The van der Waals surface area contributed by atoms with Gasteiger partial charge in [-0.2, -0.15) is 0 Å². The summed E-state index contributed by atoms with van der Waals surface area (Å²) >= 11 is 5.90. The average Bonchev–Trinajstić information content (AvgIpc) is 3.15. The lowest BCUT2D eigenvalue weighted by molar-refractivity contribution is -0.688. The SMILES string of the molecule is COc1cc(C[NH2+]Cc2ccco2)ccc1OCc1ccc(Cl)cc1. The summed E-state index contributed by atoms with van der Waals surface area (Å²) < 4.78 is 16.7. The zero-order valence-corrected chi connectivity index (χ0v) is 14.8. The average molecular weight is 359 g/mol. The summed E-state index contributed by atoms with van der Waals surface area (Å²) in [6, 6.07) is 17.5. The highest BCUT2D eigenvalue weighted by Crippen LogP contribution is 2.28. The number of benzene rings is 2. The van der Waals surface area contributed by atoms with Gasteiger partial charge in [-0.3, -0.25) is 0 Å². The summed E-state index contributed by atoms with van der Waals surface area (Å²) in [6.07, 6.45) is 1.69. The summed E-state index contributed by atoms with van der Waals surface area (Å²) in [6.45, 7) is 2.12. The summed E-state index contributed by atoms with van der Waals surface area (Å²) in [7, 11) is 1.65. The molecular formula is C20H21ClNO3+. The highest BCUT2D eigenvalue weighted by atomic mass is 35.5. The van der Waals surface area contributed by atoms with E-state index in [0.29, 0.717) is 6.61 Å². The van der Waals surface area contributed by atoms with Crippen LogP contribution in [0.25, 0.3) is 0 Å². The lowest BCUT2D eigenvalue weighted by atomic mass is 10.2. The van der Waals surface area contributed by atoms with Gasteiger partial charge in [0.2, 0.25) is 0 Å². The second-order valence-electron chi connectivity index (χ2n) is 5.68. The van der Waals surface area contributed by atoms with Gasteiger partial charge in [-0.15, -0.1) is 0 Å². The number of rotatable bonds is 8. The van der Waals surface area contributed by atoms with Gasteiger partial charge in [0.15, 0.2) is 17.3 Å². The van der Waals surface area contributed by atoms with Crippen LogP contribution in [0.2, 0.25) is 5.02 Å². The fourth-order valence-electron chi connectivity index (χ4n) is 2.51. The van der Waals surface area contributed by atoms with E-state index >= 15 is 0 Å². The first-order chi connectivity index (χ1) is 12.2. The maximum absolute atomic E-state index is 5.90. The van der Waals surface area contributed by atoms with Crippen LogP contribution < -0.4 is 14.8 Å². The maximum Gasteiger partial charge on any atom is 0.161 e. The van der Waals surface area contributed by atoms with E-state index in [1.54, 1.807) is 13.4 Å². The third-order valence-corrected chi connectivity index (χ3v) is 4.09. The number of hydrogen-bond donors (Lipinski definition) is 1. The third-order valence-electron chi connectivity index (χ3n) is 3.84. The van der Waals surface area contributed by atoms with E-state index in [4.69, 9.17) is 25.5 Å². The minimum Gasteiger partial charge on any atom is -0.493 e. The normalized spacial score (nSPS) is 10.6. The van der Waals surface area contributed by atoms with Crippen molar-refractivity contribution >= 4 is 11.6 Å². The van der Waals surface area contributed by atoms with E-state index in [9.17, 15) is 0 Å². The second-order valence-corrected chi connectivity index (χ2v) is 6.11. The molecule has 5 heteroatoms. The first kappa shape index (κ1) is 17.4.